The molecule has 0 saturated heterocycles. The van der Waals surface area contributed by atoms with Gasteiger partial charge in [-0.05, 0) is 5.56 Å². The first-order chi connectivity index (χ1) is 7.22. The highest BCUT2D eigenvalue weighted by atomic mass is 16.3. The molecule has 0 bridgehead atoms. The van der Waals surface area contributed by atoms with Gasteiger partial charge in [0.05, 0.1) is 6.42 Å². The second kappa shape index (κ2) is 5.93. The molecule has 1 amide bonds. The van der Waals surface area contributed by atoms with Gasteiger partial charge in [0.25, 0.3) is 0 Å². The SMILES string of the molecule is O=C(CO)CC(=O)NCc1ccccc1. The Kier molecular flexibility index (Phi) is 4.50. The molecule has 0 heterocycles. The summed E-state index contributed by atoms with van der Waals surface area (Å²) < 4.78 is 0. The van der Waals surface area contributed by atoms with Crippen LogP contribution in [-0.2, 0) is 16.1 Å². The van der Waals surface area contributed by atoms with Crippen LogP contribution in [0.25, 0.3) is 0 Å². The summed E-state index contributed by atoms with van der Waals surface area (Å²) in [5, 5.41) is 11.0. The maximum atomic E-state index is 11.1. The van der Waals surface area contributed by atoms with Gasteiger partial charge in [0.1, 0.15) is 6.61 Å². The molecule has 4 heteroatoms. The van der Waals surface area contributed by atoms with Crippen molar-refractivity contribution in [1.82, 2.24) is 5.32 Å². The number of aliphatic hydroxyl groups is 1. The van der Waals surface area contributed by atoms with E-state index in [4.69, 9.17) is 5.11 Å². The normalized spacial score (nSPS) is 9.67. The molecule has 1 rings (SSSR count). The molecule has 0 unspecified atom stereocenters. The Morgan fingerprint density at radius 1 is 1.20 bits per heavy atom. The molecule has 0 atom stereocenters. The summed E-state index contributed by atoms with van der Waals surface area (Å²) in [5.74, 6) is -0.835. The molecule has 4 nitrogen and oxygen atoms in total. The smallest absolute Gasteiger partial charge is 0.227 e. The average Bonchev–Trinajstić information content (AvgIpc) is 2.27. The van der Waals surface area contributed by atoms with E-state index < -0.39 is 12.4 Å². The number of benzene rings is 1. The largest absolute Gasteiger partial charge is 0.389 e. The summed E-state index contributed by atoms with van der Waals surface area (Å²) in [7, 11) is 0. The fourth-order valence-corrected chi connectivity index (χ4v) is 1.09. The number of amides is 1. The van der Waals surface area contributed by atoms with Gasteiger partial charge >= 0.3 is 0 Å². The van der Waals surface area contributed by atoms with Gasteiger partial charge in [0.15, 0.2) is 5.78 Å². The van der Waals surface area contributed by atoms with Crippen LogP contribution in [0.15, 0.2) is 30.3 Å². The summed E-state index contributed by atoms with van der Waals surface area (Å²) in [6.45, 7) is -0.183. The first-order valence-electron chi connectivity index (χ1n) is 4.65. The van der Waals surface area contributed by atoms with Gasteiger partial charge in [-0.1, -0.05) is 30.3 Å². The summed E-state index contributed by atoms with van der Waals surface area (Å²) in [6.07, 6.45) is -0.261. The van der Waals surface area contributed by atoms with Crippen LogP contribution in [0.3, 0.4) is 0 Å². The lowest BCUT2D eigenvalue weighted by atomic mass is 10.2. The van der Waals surface area contributed by atoms with Crippen molar-refractivity contribution in [2.75, 3.05) is 6.61 Å². The molecular weight excluding hydrogens is 194 g/mol. The van der Waals surface area contributed by atoms with Crippen LogP contribution in [0.5, 0.6) is 0 Å². The van der Waals surface area contributed by atoms with Crippen LogP contribution in [0.2, 0.25) is 0 Å². The van der Waals surface area contributed by atoms with Crippen LogP contribution >= 0.6 is 0 Å². The molecule has 0 radical (unpaired) electrons. The van der Waals surface area contributed by atoms with Gasteiger partial charge in [0.2, 0.25) is 5.91 Å². The Morgan fingerprint density at radius 2 is 1.87 bits per heavy atom. The van der Waals surface area contributed by atoms with Crippen molar-refractivity contribution in [2.45, 2.75) is 13.0 Å². The minimum atomic E-state index is -0.585. The third-order valence-electron chi connectivity index (χ3n) is 1.87. The van der Waals surface area contributed by atoms with Crippen LogP contribution in [0, 0.1) is 0 Å². The van der Waals surface area contributed by atoms with Crippen molar-refractivity contribution >= 4 is 11.7 Å². The molecule has 0 saturated carbocycles. The Hall–Kier alpha value is -1.68. The third kappa shape index (κ3) is 4.37. The number of ketones is 1. The predicted molar refractivity (Wildman–Crippen MR) is 55.0 cm³/mol. The molecule has 80 valence electrons. The highest BCUT2D eigenvalue weighted by Crippen LogP contribution is 1.97. The van der Waals surface area contributed by atoms with E-state index in [0.717, 1.165) is 5.56 Å². The maximum Gasteiger partial charge on any atom is 0.227 e. The van der Waals surface area contributed by atoms with E-state index in [1.807, 2.05) is 30.3 Å². The van der Waals surface area contributed by atoms with Crippen LogP contribution in [0.1, 0.15) is 12.0 Å². The third-order valence-corrected chi connectivity index (χ3v) is 1.87. The number of Topliss-reactive ketones (excluding diaryl/α,β-unsaturated/α-hetero) is 1. The zero-order valence-corrected chi connectivity index (χ0v) is 8.27. The van der Waals surface area contributed by atoms with E-state index in [1.54, 1.807) is 0 Å². The number of carbonyl (C=O) groups excluding carboxylic acids is 2. The fourth-order valence-electron chi connectivity index (χ4n) is 1.09. The van der Waals surface area contributed by atoms with Gasteiger partial charge in [-0.15, -0.1) is 0 Å². The van der Waals surface area contributed by atoms with E-state index in [1.165, 1.54) is 0 Å². The monoisotopic (exact) mass is 207 g/mol. The van der Waals surface area contributed by atoms with Crippen molar-refractivity contribution in [2.24, 2.45) is 0 Å². The lowest BCUT2D eigenvalue weighted by Gasteiger charge is -2.03. The van der Waals surface area contributed by atoms with Crippen molar-refractivity contribution in [3.63, 3.8) is 0 Å². The minimum absolute atomic E-state index is 0.261. The van der Waals surface area contributed by atoms with Crippen molar-refractivity contribution in [1.29, 1.82) is 0 Å². The van der Waals surface area contributed by atoms with Gasteiger partial charge < -0.3 is 10.4 Å². The molecule has 0 aliphatic heterocycles. The van der Waals surface area contributed by atoms with E-state index in [9.17, 15) is 9.59 Å². The minimum Gasteiger partial charge on any atom is -0.389 e. The van der Waals surface area contributed by atoms with Crippen molar-refractivity contribution in [3.05, 3.63) is 35.9 Å². The van der Waals surface area contributed by atoms with Gasteiger partial charge in [-0.3, -0.25) is 9.59 Å². The number of carbonyl (C=O) groups is 2. The molecule has 0 aromatic heterocycles. The highest BCUT2D eigenvalue weighted by molar-refractivity contribution is 5.98. The first-order valence-corrected chi connectivity index (χ1v) is 4.65. The Bertz CT molecular complexity index is 335. The van der Waals surface area contributed by atoms with Crippen LogP contribution < -0.4 is 5.32 Å². The average molecular weight is 207 g/mol. The number of hydrogen-bond acceptors (Lipinski definition) is 3. The zero-order chi connectivity index (χ0) is 11.1. The van der Waals surface area contributed by atoms with Gasteiger partial charge in [-0.25, -0.2) is 0 Å². The summed E-state index contributed by atoms with van der Waals surface area (Å²) >= 11 is 0. The maximum absolute atomic E-state index is 11.1. The molecular formula is C11H13NO3. The quantitative estimate of drug-likeness (QED) is 0.680. The van der Waals surface area contributed by atoms with E-state index in [0.29, 0.717) is 6.54 Å². The fraction of sp³-hybridized carbons (Fsp3) is 0.273. The standard InChI is InChI=1S/C11H13NO3/c13-8-10(14)6-11(15)12-7-9-4-2-1-3-5-9/h1-5,13H,6-8H2,(H,12,15). The van der Waals surface area contributed by atoms with Gasteiger partial charge in [-0.2, -0.15) is 0 Å². The van der Waals surface area contributed by atoms with E-state index >= 15 is 0 Å². The second-order valence-electron chi connectivity index (χ2n) is 3.14. The second-order valence-corrected chi connectivity index (χ2v) is 3.14. The first kappa shape index (κ1) is 11.4. The Labute approximate surface area is 87.9 Å². The molecule has 0 aliphatic rings. The number of rotatable bonds is 5. The van der Waals surface area contributed by atoms with Crippen LogP contribution in [0.4, 0.5) is 0 Å². The highest BCUT2D eigenvalue weighted by Gasteiger charge is 2.07. The van der Waals surface area contributed by atoms with Crippen LogP contribution in [-0.4, -0.2) is 23.4 Å². The number of hydrogen-bond donors (Lipinski definition) is 2. The summed E-state index contributed by atoms with van der Waals surface area (Å²) in [6, 6.07) is 9.41. The van der Waals surface area contributed by atoms with Crippen molar-refractivity contribution in [3.8, 4) is 0 Å². The Morgan fingerprint density at radius 3 is 2.47 bits per heavy atom. The molecule has 1 aromatic rings. The molecule has 1 aromatic carbocycles. The number of nitrogens with one attached hydrogen (secondary N) is 1. The topological polar surface area (TPSA) is 66.4 Å². The van der Waals surface area contributed by atoms with E-state index in [-0.39, 0.29) is 12.3 Å². The number of aliphatic hydroxyl groups excluding tert-OH is 1. The summed E-state index contributed by atoms with van der Waals surface area (Å²) in [4.78, 5) is 21.9. The molecule has 0 aliphatic carbocycles. The van der Waals surface area contributed by atoms with E-state index in [2.05, 4.69) is 5.32 Å². The molecule has 2 N–H and O–H groups in total. The molecule has 0 spiro atoms. The summed E-state index contributed by atoms with van der Waals surface area (Å²) in [5.41, 5.74) is 0.974. The molecule has 0 fully saturated rings. The zero-order valence-electron chi connectivity index (χ0n) is 8.27. The van der Waals surface area contributed by atoms with Crippen molar-refractivity contribution < 1.29 is 14.7 Å². The lowest BCUT2D eigenvalue weighted by molar-refractivity contribution is -0.129. The molecule has 15 heavy (non-hydrogen) atoms. The Balaban J connectivity index is 2.32. The predicted octanol–water partition coefficient (Wildman–Crippen LogP) is 0.254. The lowest BCUT2D eigenvalue weighted by Crippen LogP contribution is -2.26. The van der Waals surface area contributed by atoms with Gasteiger partial charge in [0, 0.05) is 6.54 Å².